The predicted octanol–water partition coefficient (Wildman–Crippen LogP) is 3.66. The summed E-state index contributed by atoms with van der Waals surface area (Å²) in [5.41, 5.74) is 3.41. The standard InChI is InChI=1S/C20H23N3O2/c1-12(2)15-7-4-6-13(3)18(15)23-20(25)17-9-5-8-16(22-17)19(24)21-14-10-11-14/h4-9,12,14H,10-11H2,1-3H3,(H,21,24)(H,23,25). The molecule has 5 heteroatoms. The number of carbonyl (C=O) groups is 2. The van der Waals surface area contributed by atoms with Gasteiger partial charge in [-0.05, 0) is 48.9 Å². The van der Waals surface area contributed by atoms with E-state index in [-0.39, 0.29) is 29.2 Å². The second-order valence-electron chi connectivity index (χ2n) is 6.80. The van der Waals surface area contributed by atoms with Gasteiger partial charge in [0.25, 0.3) is 11.8 Å². The van der Waals surface area contributed by atoms with Crippen LogP contribution in [0.2, 0.25) is 0 Å². The first-order valence-corrected chi connectivity index (χ1v) is 8.64. The zero-order chi connectivity index (χ0) is 18.0. The highest BCUT2D eigenvalue weighted by atomic mass is 16.2. The minimum absolute atomic E-state index is 0.226. The number of anilines is 1. The minimum Gasteiger partial charge on any atom is -0.348 e. The number of hydrogen-bond donors (Lipinski definition) is 2. The molecule has 1 fully saturated rings. The summed E-state index contributed by atoms with van der Waals surface area (Å²) in [6.45, 7) is 6.14. The monoisotopic (exact) mass is 337 g/mol. The fourth-order valence-electron chi connectivity index (χ4n) is 2.69. The SMILES string of the molecule is Cc1cccc(C(C)C)c1NC(=O)c1cccc(C(=O)NC2CC2)n1. The molecule has 130 valence electrons. The van der Waals surface area contributed by atoms with Crippen molar-refractivity contribution in [3.05, 3.63) is 58.9 Å². The lowest BCUT2D eigenvalue weighted by atomic mass is 9.98. The smallest absolute Gasteiger partial charge is 0.274 e. The number of benzene rings is 1. The highest BCUT2D eigenvalue weighted by Gasteiger charge is 2.24. The fourth-order valence-corrected chi connectivity index (χ4v) is 2.69. The third kappa shape index (κ3) is 4.05. The Hall–Kier alpha value is -2.69. The van der Waals surface area contributed by atoms with Crippen LogP contribution in [0.15, 0.2) is 36.4 Å². The maximum atomic E-state index is 12.6. The van der Waals surface area contributed by atoms with Crippen LogP contribution >= 0.6 is 0 Å². The number of rotatable bonds is 5. The van der Waals surface area contributed by atoms with Crippen LogP contribution in [0.1, 0.15) is 64.7 Å². The van der Waals surface area contributed by atoms with E-state index in [0.717, 1.165) is 29.7 Å². The van der Waals surface area contributed by atoms with E-state index >= 15 is 0 Å². The molecule has 1 saturated carbocycles. The largest absolute Gasteiger partial charge is 0.348 e. The molecule has 0 unspecified atom stereocenters. The normalized spacial score (nSPS) is 13.6. The summed E-state index contributed by atoms with van der Waals surface area (Å²) in [4.78, 5) is 29.0. The van der Waals surface area contributed by atoms with E-state index in [1.54, 1.807) is 18.2 Å². The van der Waals surface area contributed by atoms with Crippen LogP contribution in [0.25, 0.3) is 0 Å². The van der Waals surface area contributed by atoms with Crippen molar-refractivity contribution in [3.8, 4) is 0 Å². The lowest BCUT2D eigenvalue weighted by Crippen LogP contribution is -2.27. The zero-order valence-electron chi connectivity index (χ0n) is 14.8. The van der Waals surface area contributed by atoms with Crippen molar-refractivity contribution in [1.82, 2.24) is 10.3 Å². The second kappa shape index (κ2) is 7.05. The minimum atomic E-state index is -0.308. The van der Waals surface area contributed by atoms with Gasteiger partial charge in [0.15, 0.2) is 0 Å². The molecule has 0 spiro atoms. The van der Waals surface area contributed by atoms with Crippen LogP contribution in [0.4, 0.5) is 5.69 Å². The summed E-state index contributed by atoms with van der Waals surface area (Å²) in [6.07, 6.45) is 2.02. The molecule has 1 aliphatic rings. The third-order valence-corrected chi connectivity index (χ3v) is 4.29. The Balaban J connectivity index is 1.81. The van der Waals surface area contributed by atoms with E-state index in [0.29, 0.717) is 5.92 Å². The van der Waals surface area contributed by atoms with Crippen LogP contribution in [-0.2, 0) is 0 Å². The number of nitrogens with one attached hydrogen (secondary N) is 2. The number of para-hydroxylation sites is 1. The van der Waals surface area contributed by atoms with Gasteiger partial charge in [0, 0.05) is 11.7 Å². The van der Waals surface area contributed by atoms with Gasteiger partial charge in [-0.1, -0.05) is 38.1 Å². The van der Waals surface area contributed by atoms with Crippen LogP contribution in [0.3, 0.4) is 0 Å². The average Bonchev–Trinajstić information content (AvgIpc) is 3.40. The average molecular weight is 337 g/mol. The second-order valence-corrected chi connectivity index (χ2v) is 6.80. The molecular formula is C20H23N3O2. The number of aromatic nitrogens is 1. The van der Waals surface area contributed by atoms with Gasteiger partial charge in [-0.15, -0.1) is 0 Å². The molecule has 2 N–H and O–H groups in total. The molecule has 0 aliphatic heterocycles. The van der Waals surface area contributed by atoms with Crippen molar-refractivity contribution in [2.45, 2.75) is 45.6 Å². The summed E-state index contributed by atoms with van der Waals surface area (Å²) in [6, 6.07) is 11.2. The summed E-state index contributed by atoms with van der Waals surface area (Å²) >= 11 is 0. The Morgan fingerprint density at radius 3 is 2.32 bits per heavy atom. The fraction of sp³-hybridized carbons (Fsp3) is 0.350. The first kappa shape index (κ1) is 17.1. The Bertz CT molecular complexity index is 810. The van der Waals surface area contributed by atoms with Crippen molar-refractivity contribution >= 4 is 17.5 Å². The van der Waals surface area contributed by atoms with E-state index in [1.165, 1.54) is 0 Å². The number of carbonyl (C=O) groups excluding carboxylic acids is 2. The molecule has 2 aromatic rings. The molecule has 1 heterocycles. The lowest BCUT2D eigenvalue weighted by molar-refractivity contribution is 0.0946. The molecule has 2 amide bonds. The Morgan fingerprint density at radius 1 is 1.04 bits per heavy atom. The maximum absolute atomic E-state index is 12.6. The molecule has 0 radical (unpaired) electrons. The Morgan fingerprint density at radius 2 is 1.68 bits per heavy atom. The van der Waals surface area contributed by atoms with Crippen molar-refractivity contribution < 1.29 is 9.59 Å². The first-order chi connectivity index (χ1) is 12.0. The maximum Gasteiger partial charge on any atom is 0.274 e. The van der Waals surface area contributed by atoms with Gasteiger partial charge >= 0.3 is 0 Å². The number of hydrogen-bond acceptors (Lipinski definition) is 3. The van der Waals surface area contributed by atoms with Gasteiger partial charge in [-0.3, -0.25) is 9.59 Å². The van der Waals surface area contributed by atoms with Crippen molar-refractivity contribution in [3.63, 3.8) is 0 Å². The van der Waals surface area contributed by atoms with Crippen molar-refractivity contribution in [2.24, 2.45) is 0 Å². The van der Waals surface area contributed by atoms with Crippen LogP contribution < -0.4 is 10.6 Å². The molecule has 0 bridgehead atoms. The van der Waals surface area contributed by atoms with Crippen LogP contribution in [-0.4, -0.2) is 22.8 Å². The van der Waals surface area contributed by atoms with Gasteiger partial charge in [-0.25, -0.2) is 4.98 Å². The summed E-state index contributed by atoms with van der Waals surface area (Å²) in [7, 11) is 0. The van der Waals surface area contributed by atoms with E-state index < -0.39 is 0 Å². The van der Waals surface area contributed by atoms with Crippen molar-refractivity contribution in [2.75, 3.05) is 5.32 Å². The summed E-state index contributed by atoms with van der Waals surface area (Å²) < 4.78 is 0. The number of amides is 2. The van der Waals surface area contributed by atoms with Gasteiger partial charge in [0.05, 0.1) is 0 Å². The van der Waals surface area contributed by atoms with Crippen LogP contribution in [0.5, 0.6) is 0 Å². The third-order valence-electron chi connectivity index (χ3n) is 4.29. The zero-order valence-corrected chi connectivity index (χ0v) is 14.8. The molecule has 5 nitrogen and oxygen atoms in total. The highest BCUT2D eigenvalue weighted by molar-refractivity contribution is 6.04. The van der Waals surface area contributed by atoms with Gasteiger partial charge in [0.1, 0.15) is 11.4 Å². The van der Waals surface area contributed by atoms with Gasteiger partial charge in [-0.2, -0.15) is 0 Å². The van der Waals surface area contributed by atoms with Gasteiger partial charge < -0.3 is 10.6 Å². The van der Waals surface area contributed by atoms with E-state index in [9.17, 15) is 9.59 Å². The molecule has 3 rings (SSSR count). The van der Waals surface area contributed by atoms with E-state index in [4.69, 9.17) is 0 Å². The highest BCUT2D eigenvalue weighted by Crippen LogP contribution is 2.27. The predicted molar refractivity (Wildman–Crippen MR) is 97.9 cm³/mol. The summed E-state index contributed by atoms with van der Waals surface area (Å²) in [5.74, 6) is -0.244. The van der Waals surface area contributed by atoms with E-state index in [1.807, 2.05) is 25.1 Å². The quantitative estimate of drug-likeness (QED) is 0.875. The molecule has 0 saturated heterocycles. The van der Waals surface area contributed by atoms with Gasteiger partial charge in [0.2, 0.25) is 0 Å². The Kier molecular flexibility index (Phi) is 4.83. The molecular weight excluding hydrogens is 314 g/mol. The molecule has 0 atom stereocenters. The molecule has 25 heavy (non-hydrogen) atoms. The lowest BCUT2D eigenvalue weighted by Gasteiger charge is -2.16. The molecule has 1 aliphatic carbocycles. The molecule has 1 aromatic heterocycles. The first-order valence-electron chi connectivity index (χ1n) is 8.64. The number of aryl methyl sites for hydroxylation is 1. The number of pyridine rings is 1. The topological polar surface area (TPSA) is 71.1 Å². The number of nitrogens with zero attached hydrogens (tertiary/aromatic N) is 1. The molecule has 1 aromatic carbocycles. The Labute approximate surface area is 147 Å². The van der Waals surface area contributed by atoms with E-state index in [2.05, 4.69) is 29.5 Å². The van der Waals surface area contributed by atoms with Crippen LogP contribution in [0, 0.1) is 6.92 Å². The van der Waals surface area contributed by atoms with Crippen molar-refractivity contribution in [1.29, 1.82) is 0 Å². The summed E-state index contributed by atoms with van der Waals surface area (Å²) in [5, 5.41) is 5.85.